The van der Waals surface area contributed by atoms with E-state index in [1.165, 1.54) is 45.4 Å². The summed E-state index contributed by atoms with van der Waals surface area (Å²) in [4.78, 5) is 2.61. The monoisotopic (exact) mass is 198 g/mol. The molecule has 0 amide bonds. The van der Waals surface area contributed by atoms with Crippen molar-refractivity contribution < 1.29 is 0 Å². The number of nitrogens with one attached hydrogen (secondary N) is 1. The van der Waals surface area contributed by atoms with Crippen molar-refractivity contribution in [1.29, 1.82) is 0 Å². The second kappa shape index (κ2) is 6.41. The van der Waals surface area contributed by atoms with Crippen LogP contribution in [0.3, 0.4) is 0 Å². The van der Waals surface area contributed by atoms with Gasteiger partial charge in [-0.3, -0.25) is 0 Å². The fourth-order valence-corrected chi connectivity index (χ4v) is 2.01. The van der Waals surface area contributed by atoms with Crippen molar-refractivity contribution in [2.45, 2.75) is 46.1 Å². The Balaban J connectivity index is 2.11. The Labute approximate surface area is 89.1 Å². The quantitative estimate of drug-likeness (QED) is 0.744. The highest BCUT2D eigenvalue weighted by Gasteiger charge is 2.12. The summed E-state index contributed by atoms with van der Waals surface area (Å²) >= 11 is 0. The molecule has 0 radical (unpaired) electrons. The topological polar surface area (TPSA) is 15.3 Å². The molecular formula is C12H26N2. The van der Waals surface area contributed by atoms with Crippen LogP contribution in [0.2, 0.25) is 0 Å². The Bertz CT molecular complexity index is 145. The number of nitrogens with zero attached hydrogens (tertiary/aromatic N) is 1. The molecule has 1 N–H and O–H groups in total. The normalized spacial score (nSPS) is 25.3. The van der Waals surface area contributed by atoms with Crippen LogP contribution in [-0.2, 0) is 0 Å². The smallest absolute Gasteiger partial charge is 0.0107 e. The first kappa shape index (κ1) is 12.0. The van der Waals surface area contributed by atoms with Gasteiger partial charge in [0.25, 0.3) is 0 Å². The second-order valence-corrected chi connectivity index (χ2v) is 5.02. The van der Waals surface area contributed by atoms with E-state index in [-0.39, 0.29) is 0 Å². The van der Waals surface area contributed by atoms with E-state index in [9.17, 15) is 0 Å². The lowest BCUT2D eigenvalue weighted by molar-refractivity contribution is 0.278. The van der Waals surface area contributed by atoms with Gasteiger partial charge in [-0.15, -0.1) is 0 Å². The summed E-state index contributed by atoms with van der Waals surface area (Å²) < 4.78 is 0. The van der Waals surface area contributed by atoms with Crippen molar-refractivity contribution in [2.75, 3.05) is 26.2 Å². The van der Waals surface area contributed by atoms with Gasteiger partial charge in [-0.05, 0) is 45.2 Å². The summed E-state index contributed by atoms with van der Waals surface area (Å²) in [7, 11) is 0. The molecule has 84 valence electrons. The predicted molar refractivity (Wildman–Crippen MR) is 62.6 cm³/mol. The molecule has 1 saturated heterocycles. The van der Waals surface area contributed by atoms with Gasteiger partial charge in [0, 0.05) is 19.1 Å². The molecule has 1 unspecified atom stereocenters. The molecule has 1 aliphatic heterocycles. The first-order chi connectivity index (χ1) is 6.68. The minimum Gasteiger partial charge on any atom is -0.313 e. The molecule has 0 aromatic heterocycles. The summed E-state index contributed by atoms with van der Waals surface area (Å²) in [5, 5.41) is 3.53. The number of rotatable bonds is 4. The SMILES string of the molecule is CC(C)CCCN1CCNC(C)CC1. The van der Waals surface area contributed by atoms with Crippen LogP contribution < -0.4 is 5.32 Å². The summed E-state index contributed by atoms with van der Waals surface area (Å²) in [6.07, 6.45) is 4.05. The molecule has 0 saturated carbocycles. The average molecular weight is 198 g/mol. The highest BCUT2D eigenvalue weighted by atomic mass is 15.2. The number of hydrogen-bond acceptors (Lipinski definition) is 2. The summed E-state index contributed by atoms with van der Waals surface area (Å²) in [6, 6.07) is 0.713. The minimum atomic E-state index is 0.713. The maximum absolute atomic E-state index is 3.53. The zero-order valence-corrected chi connectivity index (χ0v) is 10.1. The van der Waals surface area contributed by atoms with E-state index in [1.54, 1.807) is 0 Å². The Morgan fingerprint density at radius 1 is 1.36 bits per heavy atom. The van der Waals surface area contributed by atoms with Crippen LogP contribution in [-0.4, -0.2) is 37.1 Å². The molecule has 2 nitrogen and oxygen atoms in total. The van der Waals surface area contributed by atoms with Gasteiger partial charge in [-0.25, -0.2) is 0 Å². The minimum absolute atomic E-state index is 0.713. The van der Waals surface area contributed by atoms with Crippen LogP contribution in [0.1, 0.15) is 40.0 Å². The van der Waals surface area contributed by atoms with Crippen molar-refractivity contribution in [3.8, 4) is 0 Å². The molecule has 0 aromatic carbocycles. The fraction of sp³-hybridized carbons (Fsp3) is 1.00. The van der Waals surface area contributed by atoms with Gasteiger partial charge < -0.3 is 10.2 Å². The molecule has 2 heteroatoms. The molecule has 0 bridgehead atoms. The fourth-order valence-electron chi connectivity index (χ4n) is 2.01. The summed E-state index contributed by atoms with van der Waals surface area (Å²) in [5.41, 5.74) is 0. The maximum Gasteiger partial charge on any atom is 0.0107 e. The lowest BCUT2D eigenvalue weighted by Gasteiger charge is -2.19. The van der Waals surface area contributed by atoms with E-state index in [0.29, 0.717) is 6.04 Å². The van der Waals surface area contributed by atoms with Gasteiger partial charge in [-0.2, -0.15) is 0 Å². The lowest BCUT2D eigenvalue weighted by atomic mass is 10.1. The third kappa shape index (κ3) is 4.97. The molecule has 14 heavy (non-hydrogen) atoms. The molecule has 1 atom stereocenters. The first-order valence-corrected chi connectivity index (χ1v) is 6.14. The first-order valence-electron chi connectivity index (χ1n) is 6.14. The van der Waals surface area contributed by atoms with Crippen LogP contribution in [0.25, 0.3) is 0 Å². The maximum atomic E-state index is 3.53. The highest BCUT2D eigenvalue weighted by Crippen LogP contribution is 2.07. The molecule has 0 spiro atoms. The van der Waals surface area contributed by atoms with Gasteiger partial charge in [0.1, 0.15) is 0 Å². The third-order valence-electron chi connectivity index (χ3n) is 3.05. The van der Waals surface area contributed by atoms with Crippen LogP contribution in [0, 0.1) is 5.92 Å². The molecule has 1 fully saturated rings. The van der Waals surface area contributed by atoms with Crippen LogP contribution in [0.4, 0.5) is 0 Å². The van der Waals surface area contributed by atoms with E-state index < -0.39 is 0 Å². The van der Waals surface area contributed by atoms with Crippen molar-refractivity contribution >= 4 is 0 Å². The molecule has 0 aromatic rings. The van der Waals surface area contributed by atoms with Gasteiger partial charge in [-0.1, -0.05) is 13.8 Å². The molecule has 0 aliphatic carbocycles. The molecule has 1 rings (SSSR count). The van der Waals surface area contributed by atoms with Gasteiger partial charge in [0.15, 0.2) is 0 Å². The summed E-state index contributed by atoms with van der Waals surface area (Å²) in [5.74, 6) is 0.860. The van der Waals surface area contributed by atoms with Crippen LogP contribution in [0.5, 0.6) is 0 Å². The highest BCUT2D eigenvalue weighted by molar-refractivity contribution is 4.71. The van der Waals surface area contributed by atoms with E-state index >= 15 is 0 Å². The van der Waals surface area contributed by atoms with E-state index in [1.807, 2.05) is 0 Å². The van der Waals surface area contributed by atoms with Crippen molar-refractivity contribution in [3.63, 3.8) is 0 Å². The van der Waals surface area contributed by atoms with Gasteiger partial charge >= 0.3 is 0 Å². The largest absolute Gasteiger partial charge is 0.313 e. The Morgan fingerprint density at radius 3 is 2.86 bits per heavy atom. The number of hydrogen-bond donors (Lipinski definition) is 1. The average Bonchev–Trinajstić information content (AvgIpc) is 2.30. The van der Waals surface area contributed by atoms with Crippen molar-refractivity contribution in [1.82, 2.24) is 10.2 Å². The predicted octanol–water partition coefficient (Wildman–Crippen LogP) is 2.11. The third-order valence-corrected chi connectivity index (χ3v) is 3.05. The van der Waals surface area contributed by atoms with Gasteiger partial charge in [0.05, 0.1) is 0 Å². The standard InChI is InChI=1S/C12H26N2/c1-11(2)5-4-8-14-9-6-12(3)13-7-10-14/h11-13H,4-10H2,1-3H3. The lowest BCUT2D eigenvalue weighted by Crippen LogP contribution is -2.29. The molecule has 1 aliphatic rings. The molecular weight excluding hydrogens is 172 g/mol. The second-order valence-electron chi connectivity index (χ2n) is 5.02. The zero-order valence-electron chi connectivity index (χ0n) is 10.1. The summed E-state index contributed by atoms with van der Waals surface area (Å²) in [6.45, 7) is 11.9. The van der Waals surface area contributed by atoms with E-state index in [0.717, 1.165) is 5.92 Å². The Kier molecular flexibility index (Phi) is 5.49. The zero-order chi connectivity index (χ0) is 10.4. The van der Waals surface area contributed by atoms with Crippen molar-refractivity contribution in [2.24, 2.45) is 5.92 Å². The van der Waals surface area contributed by atoms with Gasteiger partial charge in [0.2, 0.25) is 0 Å². The Morgan fingerprint density at radius 2 is 2.14 bits per heavy atom. The van der Waals surface area contributed by atoms with Crippen LogP contribution in [0.15, 0.2) is 0 Å². The van der Waals surface area contributed by atoms with E-state index in [4.69, 9.17) is 0 Å². The van der Waals surface area contributed by atoms with Crippen LogP contribution >= 0.6 is 0 Å². The molecule has 1 heterocycles. The Hall–Kier alpha value is -0.0800. The van der Waals surface area contributed by atoms with E-state index in [2.05, 4.69) is 31.0 Å². The van der Waals surface area contributed by atoms with Crippen molar-refractivity contribution in [3.05, 3.63) is 0 Å².